The van der Waals surface area contributed by atoms with Gasteiger partial charge in [-0.3, -0.25) is 14.6 Å². The Bertz CT molecular complexity index is 491. The van der Waals surface area contributed by atoms with Gasteiger partial charge in [0.15, 0.2) is 0 Å². The highest BCUT2D eigenvalue weighted by Gasteiger charge is 2.12. The minimum absolute atomic E-state index is 0.254. The summed E-state index contributed by atoms with van der Waals surface area (Å²) in [6, 6.07) is 0. The van der Waals surface area contributed by atoms with E-state index in [4.69, 9.17) is 5.53 Å². The summed E-state index contributed by atoms with van der Waals surface area (Å²) >= 11 is 0. The number of carbonyl (C=O) groups is 1. The maximum Gasteiger partial charge on any atom is 0.377 e. The number of Topliss-reactive ketones (excluding diaryl/α,β-unsaturated/α-hetero) is 1. The fraction of sp³-hybridized carbons (Fsp3) is 0. The smallest absolute Gasteiger partial charge is 0.313 e. The predicted octanol–water partition coefficient (Wildman–Crippen LogP) is -1.44. The van der Waals surface area contributed by atoms with Crippen molar-refractivity contribution in [2.75, 3.05) is 0 Å². The number of aromatic amines is 2. The molecular weight excluding hydrogens is 176 g/mol. The second-order valence-corrected chi connectivity index (χ2v) is 2.11. The van der Waals surface area contributed by atoms with E-state index in [2.05, 4.69) is 9.77 Å². The number of nitrogens with zero attached hydrogens (tertiary/aromatic N) is 1. The van der Waals surface area contributed by atoms with Crippen molar-refractivity contribution >= 4 is 12.0 Å². The SMILES string of the molecule is N=[N+]=CC(=O)c1c[nH]c(=O)[nH]c1=O. The molecule has 7 heteroatoms. The second kappa shape index (κ2) is 3.42. The van der Waals surface area contributed by atoms with E-state index in [1.54, 1.807) is 0 Å². The summed E-state index contributed by atoms with van der Waals surface area (Å²) in [5.74, 6) is -0.729. The lowest BCUT2D eigenvalue weighted by Gasteiger charge is -1.87. The van der Waals surface area contributed by atoms with Crippen molar-refractivity contribution in [3.05, 3.63) is 32.6 Å². The summed E-state index contributed by atoms with van der Waals surface area (Å²) in [7, 11) is 0. The van der Waals surface area contributed by atoms with Crippen LogP contribution in [-0.2, 0) is 0 Å². The molecule has 0 atom stereocenters. The van der Waals surface area contributed by atoms with Crippen molar-refractivity contribution in [3.63, 3.8) is 0 Å². The number of H-pyrrole nitrogens is 2. The van der Waals surface area contributed by atoms with Gasteiger partial charge in [-0.15, -0.1) is 0 Å². The average molecular weight is 181 g/mol. The summed E-state index contributed by atoms with van der Waals surface area (Å²) < 4.78 is 0. The van der Waals surface area contributed by atoms with Crippen molar-refractivity contribution in [1.82, 2.24) is 9.97 Å². The van der Waals surface area contributed by atoms with Crippen molar-refractivity contribution in [2.24, 2.45) is 0 Å². The van der Waals surface area contributed by atoms with Gasteiger partial charge >= 0.3 is 11.9 Å². The lowest BCUT2D eigenvalue weighted by Crippen LogP contribution is -2.27. The summed E-state index contributed by atoms with van der Waals surface area (Å²) in [5, 5.41) is 0. The lowest BCUT2D eigenvalue weighted by molar-refractivity contribution is -0.111. The highest BCUT2D eigenvalue weighted by Crippen LogP contribution is 1.82. The quantitative estimate of drug-likeness (QED) is 0.224. The zero-order chi connectivity index (χ0) is 9.84. The Balaban J connectivity index is 3.32. The van der Waals surface area contributed by atoms with Crippen molar-refractivity contribution < 1.29 is 9.58 Å². The number of aromatic nitrogens is 2. The Labute approximate surface area is 70.7 Å². The van der Waals surface area contributed by atoms with Crippen LogP contribution in [-0.4, -0.2) is 26.8 Å². The van der Waals surface area contributed by atoms with E-state index in [9.17, 15) is 14.4 Å². The van der Waals surface area contributed by atoms with E-state index in [1.807, 2.05) is 4.98 Å². The zero-order valence-corrected chi connectivity index (χ0v) is 6.33. The molecule has 0 aromatic carbocycles. The van der Waals surface area contributed by atoms with Crippen LogP contribution in [0.4, 0.5) is 0 Å². The van der Waals surface area contributed by atoms with Gasteiger partial charge < -0.3 is 4.98 Å². The van der Waals surface area contributed by atoms with Crippen molar-refractivity contribution in [2.45, 2.75) is 0 Å². The Morgan fingerprint density at radius 2 is 2.23 bits per heavy atom. The molecule has 0 spiro atoms. The van der Waals surface area contributed by atoms with E-state index in [-0.39, 0.29) is 5.56 Å². The molecule has 1 aromatic heterocycles. The molecule has 0 bridgehead atoms. The normalized spacial score (nSPS) is 8.92. The molecular formula is C6H5N4O3+. The van der Waals surface area contributed by atoms with Gasteiger partial charge in [0.1, 0.15) is 5.56 Å². The summed E-state index contributed by atoms with van der Waals surface area (Å²) in [6.07, 6.45) is 1.65. The molecule has 0 aliphatic heterocycles. The highest BCUT2D eigenvalue weighted by molar-refractivity contribution is 6.33. The first-order valence-electron chi connectivity index (χ1n) is 3.21. The molecule has 0 saturated carbocycles. The van der Waals surface area contributed by atoms with Crippen LogP contribution >= 0.6 is 0 Å². The third-order valence-corrected chi connectivity index (χ3v) is 1.27. The van der Waals surface area contributed by atoms with E-state index in [1.165, 1.54) is 0 Å². The van der Waals surface area contributed by atoms with Gasteiger partial charge in [0.25, 0.3) is 11.3 Å². The maximum atomic E-state index is 11.0. The number of hydrogen-bond donors (Lipinski definition) is 3. The number of ketones is 1. The fourth-order valence-electron chi connectivity index (χ4n) is 0.721. The Morgan fingerprint density at radius 1 is 1.54 bits per heavy atom. The van der Waals surface area contributed by atoms with Crippen LogP contribution in [0.15, 0.2) is 15.8 Å². The molecule has 0 amide bonds. The van der Waals surface area contributed by atoms with E-state index in [0.717, 1.165) is 6.20 Å². The van der Waals surface area contributed by atoms with Crippen LogP contribution < -0.4 is 11.2 Å². The zero-order valence-electron chi connectivity index (χ0n) is 6.33. The third kappa shape index (κ3) is 1.85. The molecule has 1 aromatic rings. The molecule has 13 heavy (non-hydrogen) atoms. The van der Waals surface area contributed by atoms with E-state index >= 15 is 0 Å². The largest absolute Gasteiger partial charge is 0.377 e. The topological polar surface area (TPSA) is 121 Å². The van der Waals surface area contributed by atoms with Crippen LogP contribution in [0.2, 0.25) is 0 Å². The molecule has 7 nitrogen and oxygen atoms in total. The number of rotatable bonds is 2. The first-order valence-corrected chi connectivity index (χ1v) is 3.21. The van der Waals surface area contributed by atoms with Gasteiger partial charge in [-0.25, -0.2) is 4.79 Å². The molecule has 0 fully saturated rings. The van der Waals surface area contributed by atoms with Gasteiger partial charge in [-0.05, 0) is 0 Å². The third-order valence-electron chi connectivity index (χ3n) is 1.27. The van der Waals surface area contributed by atoms with Gasteiger partial charge in [-0.1, -0.05) is 0 Å². The molecule has 0 radical (unpaired) electrons. The Hall–Kier alpha value is -2.27. The maximum absolute atomic E-state index is 11.0. The molecule has 1 heterocycles. The van der Waals surface area contributed by atoms with Crippen molar-refractivity contribution in [1.29, 1.82) is 5.53 Å². The predicted molar refractivity (Wildman–Crippen MR) is 41.1 cm³/mol. The van der Waals surface area contributed by atoms with E-state index < -0.39 is 17.0 Å². The Kier molecular flexibility index (Phi) is 2.32. The van der Waals surface area contributed by atoms with Crippen molar-refractivity contribution in [3.8, 4) is 0 Å². The van der Waals surface area contributed by atoms with Gasteiger partial charge in [0.2, 0.25) is 0 Å². The number of nitrogens with one attached hydrogen (secondary N) is 3. The van der Waals surface area contributed by atoms with Crippen LogP contribution in [0.5, 0.6) is 0 Å². The number of hydrogen-bond acceptors (Lipinski definition) is 4. The Morgan fingerprint density at radius 3 is 2.77 bits per heavy atom. The van der Waals surface area contributed by atoms with Crippen LogP contribution in [0, 0.1) is 5.53 Å². The summed E-state index contributed by atoms with van der Waals surface area (Å²) in [6.45, 7) is 0. The monoisotopic (exact) mass is 181 g/mol. The van der Waals surface area contributed by atoms with Crippen LogP contribution in [0.25, 0.3) is 0 Å². The van der Waals surface area contributed by atoms with Gasteiger partial charge in [-0.2, -0.15) is 0 Å². The minimum atomic E-state index is -0.798. The first kappa shape index (κ1) is 8.82. The van der Waals surface area contributed by atoms with E-state index in [0.29, 0.717) is 6.21 Å². The molecule has 3 N–H and O–H groups in total. The average Bonchev–Trinajstić information content (AvgIpc) is 2.04. The molecule has 0 saturated heterocycles. The first-order chi connectivity index (χ1) is 6.15. The molecule has 0 aliphatic carbocycles. The number of carbonyl (C=O) groups excluding carboxylic acids is 1. The van der Waals surface area contributed by atoms with Crippen LogP contribution in [0.1, 0.15) is 10.4 Å². The lowest BCUT2D eigenvalue weighted by atomic mass is 10.2. The highest BCUT2D eigenvalue weighted by atomic mass is 16.2. The molecule has 1 rings (SSSR count). The molecule has 0 aliphatic rings. The fourth-order valence-corrected chi connectivity index (χ4v) is 0.721. The molecule has 0 unspecified atom stereocenters. The second-order valence-electron chi connectivity index (χ2n) is 2.11. The summed E-state index contributed by atoms with van der Waals surface area (Å²) in [4.78, 5) is 39.1. The summed E-state index contributed by atoms with van der Waals surface area (Å²) in [5.41, 5.74) is 4.62. The molecule has 66 valence electrons. The minimum Gasteiger partial charge on any atom is -0.313 e. The standard InChI is InChI=1S/C6H4N4O3/c7-9-2-4(11)3-1-8-6(13)10-5(3)12/h1-2,7H,(H-,8,10,11,12,13)/p+1. The van der Waals surface area contributed by atoms with Gasteiger partial charge in [0.05, 0.1) is 10.3 Å². The van der Waals surface area contributed by atoms with Crippen LogP contribution in [0.3, 0.4) is 0 Å². The van der Waals surface area contributed by atoms with Gasteiger partial charge in [0, 0.05) is 6.20 Å².